The van der Waals surface area contributed by atoms with Gasteiger partial charge in [0.25, 0.3) is 10.0 Å². The van der Waals surface area contributed by atoms with Crippen molar-refractivity contribution in [1.82, 2.24) is 20.3 Å². The molecule has 4 rings (SSSR count). The number of aromatic amines is 1. The molecule has 0 atom stereocenters. The smallest absolute Gasteiger partial charge is 0.268 e. The maximum atomic E-state index is 12.7. The lowest BCUT2D eigenvalue weighted by molar-refractivity contribution is 0.242. The summed E-state index contributed by atoms with van der Waals surface area (Å²) in [6.45, 7) is 5.56. The highest BCUT2D eigenvalue weighted by Crippen LogP contribution is 2.28. The summed E-state index contributed by atoms with van der Waals surface area (Å²) in [5.74, 6) is 0.614. The van der Waals surface area contributed by atoms with Crippen molar-refractivity contribution in [2.45, 2.75) is 38.3 Å². The molecule has 0 bridgehead atoms. The van der Waals surface area contributed by atoms with E-state index in [4.69, 9.17) is 4.52 Å². The van der Waals surface area contributed by atoms with E-state index in [9.17, 15) is 8.42 Å². The molecule has 0 unspecified atom stereocenters. The molecule has 0 saturated carbocycles. The van der Waals surface area contributed by atoms with Crippen LogP contribution in [0.15, 0.2) is 39.8 Å². The zero-order chi connectivity index (χ0) is 19.0. The standard InChI is InChI=1S/C18H21N5O3S/c1-12-17(13(2)26-21-12)27(24,25)22-18-15-8-9-23(11-16(15)19-20-18)10-14-6-4-3-5-7-14/h3-7H,8-11H2,1-2H3,(H2,19,20,22). The van der Waals surface area contributed by atoms with Crippen LogP contribution in [0.25, 0.3) is 0 Å². The van der Waals surface area contributed by atoms with Gasteiger partial charge in [0.2, 0.25) is 0 Å². The summed E-state index contributed by atoms with van der Waals surface area (Å²) in [5, 5.41) is 10.9. The van der Waals surface area contributed by atoms with Crippen LogP contribution in [0, 0.1) is 13.8 Å². The molecule has 0 amide bonds. The second-order valence-electron chi connectivity index (χ2n) is 6.73. The van der Waals surface area contributed by atoms with Gasteiger partial charge in [0.15, 0.2) is 16.5 Å². The minimum absolute atomic E-state index is 0.0702. The number of nitrogens with one attached hydrogen (secondary N) is 2. The van der Waals surface area contributed by atoms with Gasteiger partial charge in [-0.05, 0) is 25.8 Å². The maximum Gasteiger partial charge on any atom is 0.268 e. The molecule has 8 nitrogen and oxygen atoms in total. The van der Waals surface area contributed by atoms with Crippen molar-refractivity contribution in [2.75, 3.05) is 11.3 Å². The number of aromatic nitrogens is 3. The van der Waals surface area contributed by atoms with Gasteiger partial charge in [-0.1, -0.05) is 35.5 Å². The van der Waals surface area contributed by atoms with Gasteiger partial charge in [0.1, 0.15) is 5.69 Å². The third-order valence-electron chi connectivity index (χ3n) is 4.73. The number of rotatable bonds is 5. The van der Waals surface area contributed by atoms with Gasteiger partial charge >= 0.3 is 0 Å². The van der Waals surface area contributed by atoms with Crippen molar-refractivity contribution in [3.05, 3.63) is 58.6 Å². The van der Waals surface area contributed by atoms with Crippen LogP contribution in [0.2, 0.25) is 0 Å². The number of sulfonamides is 1. The minimum Gasteiger partial charge on any atom is -0.360 e. The normalized spacial score (nSPS) is 14.9. The van der Waals surface area contributed by atoms with Crippen LogP contribution >= 0.6 is 0 Å². The highest BCUT2D eigenvalue weighted by Gasteiger charge is 2.28. The van der Waals surface area contributed by atoms with E-state index in [-0.39, 0.29) is 10.7 Å². The topological polar surface area (TPSA) is 104 Å². The SMILES string of the molecule is Cc1noc(C)c1S(=O)(=O)Nc1n[nH]c2c1CCN(Cc1ccccc1)C2. The first-order valence-corrected chi connectivity index (χ1v) is 10.2. The van der Waals surface area contributed by atoms with Crippen LogP contribution < -0.4 is 4.72 Å². The Hall–Kier alpha value is -2.65. The highest BCUT2D eigenvalue weighted by atomic mass is 32.2. The lowest BCUT2D eigenvalue weighted by Crippen LogP contribution is -2.30. The predicted molar refractivity (Wildman–Crippen MR) is 99.6 cm³/mol. The molecular formula is C18H21N5O3S. The van der Waals surface area contributed by atoms with Crippen LogP contribution in [-0.2, 0) is 29.5 Å². The van der Waals surface area contributed by atoms with Crippen molar-refractivity contribution in [2.24, 2.45) is 0 Å². The average molecular weight is 387 g/mol. The number of benzene rings is 1. The molecule has 1 aliphatic rings. The van der Waals surface area contributed by atoms with E-state index in [1.807, 2.05) is 18.2 Å². The maximum absolute atomic E-state index is 12.7. The molecule has 0 radical (unpaired) electrons. The molecule has 2 aromatic heterocycles. The van der Waals surface area contributed by atoms with E-state index in [0.717, 1.165) is 30.8 Å². The molecule has 1 aliphatic heterocycles. The fourth-order valence-electron chi connectivity index (χ4n) is 3.47. The summed E-state index contributed by atoms with van der Waals surface area (Å²) in [5.41, 5.74) is 3.43. The number of hydrogen-bond acceptors (Lipinski definition) is 6. The highest BCUT2D eigenvalue weighted by molar-refractivity contribution is 7.92. The number of H-pyrrole nitrogens is 1. The van der Waals surface area contributed by atoms with Crippen molar-refractivity contribution in [1.29, 1.82) is 0 Å². The predicted octanol–water partition coefficient (Wildman–Crippen LogP) is 2.37. The molecular weight excluding hydrogens is 366 g/mol. The van der Waals surface area contributed by atoms with Crippen LogP contribution in [-0.4, -0.2) is 35.2 Å². The molecule has 0 saturated heterocycles. The molecule has 142 valence electrons. The summed E-state index contributed by atoms with van der Waals surface area (Å²) in [6.07, 6.45) is 0.720. The Bertz CT molecular complexity index is 1040. The molecule has 2 N–H and O–H groups in total. The molecule has 1 aromatic carbocycles. The zero-order valence-corrected chi connectivity index (χ0v) is 16.0. The van der Waals surface area contributed by atoms with Crippen molar-refractivity contribution < 1.29 is 12.9 Å². The van der Waals surface area contributed by atoms with Crippen LogP contribution in [0.4, 0.5) is 5.82 Å². The molecule has 3 aromatic rings. The number of fused-ring (bicyclic) bond motifs is 1. The number of hydrogen-bond donors (Lipinski definition) is 2. The molecule has 0 spiro atoms. The molecule has 3 heterocycles. The quantitative estimate of drug-likeness (QED) is 0.696. The Morgan fingerprint density at radius 2 is 2.04 bits per heavy atom. The van der Waals surface area contributed by atoms with E-state index in [1.54, 1.807) is 13.8 Å². The summed E-state index contributed by atoms with van der Waals surface area (Å²) < 4.78 is 33.0. The first-order chi connectivity index (χ1) is 12.9. The Kier molecular flexibility index (Phi) is 4.48. The van der Waals surface area contributed by atoms with Gasteiger partial charge in [-0.2, -0.15) is 5.10 Å². The van der Waals surface area contributed by atoms with Gasteiger partial charge in [0, 0.05) is 25.2 Å². The summed E-state index contributed by atoms with van der Waals surface area (Å²) in [4.78, 5) is 2.38. The van der Waals surface area contributed by atoms with Gasteiger partial charge in [-0.15, -0.1) is 0 Å². The summed E-state index contributed by atoms with van der Waals surface area (Å²) in [6, 6.07) is 10.3. The third-order valence-corrected chi connectivity index (χ3v) is 6.31. The van der Waals surface area contributed by atoms with Gasteiger partial charge in [0.05, 0.1) is 5.69 Å². The van der Waals surface area contributed by atoms with E-state index in [0.29, 0.717) is 18.1 Å². The number of aryl methyl sites for hydroxylation is 2. The first-order valence-electron chi connectivity index (χ1n) is 8.72. The van der Waals surface area contributed by atoms with Crippen LogP contribution in [0.1, 0.15) is 28.3 Å². The lowest BCUT2D eigenvalue weighted by atomic mass is 10.1. The Balaban J connectivity index is 1.52. The van der Waals surface area contributed by atoms with Gasteiger partial charge in [-0.3, -0.25) is 14.7 Å². The zero-order valence-electron chi connectivity index (χ0n) is 15.2. The molecule has 0 aliphatic carbocycles. The minimum atomic E-state index is -3.80. The van der Waals surface area contributed by atoms with Crippen LogP contribution in [0.5, 0.6) is 0 Å². The number of nitrogens with zero attached hydrogens (tertiary/aromatic N) is 3. The van der Waals surface area contributed by atoms with Gasteiger partial charge in [-0.25, -0.2) is 8.42 Å². The third kappa shape index (κ3) is 3.47. The van der Waals surface area contributed by atoms with Crippen molar-refractivity contribution in [3.8, 4) is 0 Å². The Labute approximate surface area is 157 Å². The van der Waals surface area contributed by atoms with E-state index >= 15 is 0 Å². The molecule has 9 heteroatoms. The second kappa shape index (κ2) is 6.82. The lowest BCUT2D eigenvalue weighted by Gasteiger charge is -2.26. The fraction of sp³-hybridized carbons (Fsp3) is 0.333. The summed E-state index contributed by atoms with van der Waals surface area (Å²) >= 11 is 0. The molecule has 27 heavy (non-hydrogen) atoms. The fourth-order valence-corrected chi connectivity index (χ4v) is 4.84. The summed E-state index contributed by atoms with van der Waals surface area (Å²) in [7, 11) is -3.80. The van der Waals surface area contributed by atoms with E-state index in [2.05, 4.69) is 37.1 Å². The average Bonchev–Trinajstić information content (AvgIpc) is 3.18. The molecule has 0 fully saturated rings. The van der Waals surface area contributed by atoms with Crippen molar-refractivity contribution in [3.63, 3.8) is 0 Å². The van der Waals surface area contributed by atoms with Crippen LogP contribution in [0.3, 0.4) is 0 Å². The van der Waals surface area contributed by atoms with E-state index in [1.165, 1.54) is 5.56 Å². The number of anilines is 1. The largest absolute Gasteiger partial charge is 0.360 e. The monoisotopic (exact) mass is 387 g/mol. The van der Waals surface area contributed by atoms with Crippen molar-refractivity contribution >= 4 is 15.8 Å². The van der Waals surface area contributed by atoms with E-state index < -0.39 is 10.0 Å². The Morgan fingerprint density at radius 1 is 1.26 bits per heavy atom. The first kappa shape index (κ1) is 17.7. The second-order valence-corrected chi connectivity index (χ2v) is 8.35. The van der Waals surface area contributed by atoms with Gasteiger partial charge < -0.3 is 4.52 Å². The Morgan fingerprint density at radius 3 is 2.74 bits per heavy atom.